The lowest BCUT2D eigenvalue weighted by Crippen LogP contribution is -2.46. The molecule has 0 N–H and O–H groups in total. The van der Waals surface area contributed by atoms with Crippen LogP contribution in [0.4, 0.5) is 10.1 Å². The third kappa shape index (κ3) is 2.84. The summed E-state index contributed by atoms with van der Waals surface area (Å²) in [6.07, 6.45) is 1.64. The van der Waals surface area contributed by atoms with E-state index in [0.29, 0.717) is 10.6 Å². The van der Waals surface area contributed by atoms with Gasteiger partial charge in [-0.05, 0) is 48.6 Å². The highest BCUT2D eigenvalue weighted by atomic mass is 32.1. The van der Waals surface area contributed by atoms with Gasteiger partial charge in [0.05, 0.1) is 17.0 Å². The van der Waals surface area contributed by atoms with Crippen LogP contribution in [-0.2, 0) is 9.59 Å². The molecule has 4 rings (SSSR count). The standard InChI is InChI=1S/C18H15FN2O3S/c19-11-3-5-13(6-4-11)21-16(22)10-14(17(21)23)20(12-7-8-12)18(24)15-2-1-9-25-15/h1-6,9,12,14H,7-8,10H2. The maximum atomic E-state index is 13.1. The molecule has 25 heavy (non-hydrogen) atoms. The van der Waals surface area contributed by atoms with Crippen LogP contribution < -0.4 is 4.90 Å². The van der Waals surface area contributed by atoms with Crippen molar-refractivity contribution in [3.8, 4) is 0 Å². The predicted molar refractivity (Wildman–Crippen MR) is 90.8 cm³/mol. The van der Waals surface area contributed by atoms with Gasteiger partial charge in [0.25, 0.3) is 11.8 Å². The third-order valence-corrected chi connectivity index (χ3v) is 5.31. The highest BCUT2D eigenvalue weighted by Crippen LogP contribution is 2.35. The first-order valence-corrected chi connectivity index (χ1v) is 8.93. The number of amides is 3. The van der Waals surface area contributed by atoms with Gasteiger partial charge in [0.1, 0.15) is 11.9 Å². The second-order valence-electron chi connectivity index (χ2n) is 6.18. The molecule has 1 aromatic heterocycles. The summed E-state index contributed by atoms with van der Waals surface area (Å²) in [5.41, 5.74) is 0.332. The summed E-state index contributed by atoms with van der Waals surface area (Å²) in [5, 5.41) is 1.81. The van der Waals surface area contributed by atoms with E-state index in [9.17, 15) is 18.8 Å². The van der Waals surface area contributed by atoms with E-state index in [2.05, 4.69) is 0 Å². The number of hydrogen-bond acceptors (Lipinski definition) is 4. The van der Waals surface area contributed by atoms with E-state index < -0.39 is 17.8 Å². The number of halogens is 1. The maximum Gasteiger partial charge on any atom is 0.264 e. The van der Waals surface area contributed by atoms with Crippen molar-refractivity contribution in [3.05, 3.63) is 52.5 Å². The summed E-state index contributed by atoms with van der Waals surface area (Å²) in [4.78, 5) is 41.3. The highest BCUT2D eigenvalue weighted by Gasteiger charge is 2.49. The second-order valence-corrected chi connectivity index (χ2v) is 7.13. The van der Waals surface area contributed by atoms with E-state index in [1.165, 1.54) is 35.6 Å². The topological polar surface area (TPSA) is 57.7 Å². The Morgan fingerprint density at radius 2 is 1.88 bits per heavy atom. The summed E-state index contributed by atoms with van der Waals surface area (Å²) in [5.74, 6) is -1.43. The second kappa shape index (κ2) is 6.07. The molecular weight excluding hydrogens is 343 g/mol. The minimum Gasteiger partial charge on any atom is -0.322 e. The van der Waals surface area contributed by atoms with Crippen LogP contribution in [0.5, 0.6) is 0 Å². The molecule has 0 spiro atoms. The maximum absolute atomic E-state index is 13.1. The molecule has 3 amide bonds. The number of rotatable bonds is 4. The summed E-state index contributed by atoms with van der Waals surface area (Å²) in [6, 6.07) is 7.93. The minimum atomic E-state index is -0.792. The van der Waals surface area contributed by atoms with Gasteiger partial charge >= 0.3 is 0 Å². The van der Waals surface area contributed by atoms with Crippen LogP contribution in [0.15, 0.2) is 41.8 Å². The van der Waals surface area contributed by atoms with E-state index in [-0.39, 0.29) is 24.3 Å². The molecule has 1 saturated carbocycles. The van der Waals surface area contributed by atoms with Crippen LogP contribution in [0.25, 0.3) is 0 Å². The first-order chi connectivity index (χ1) is 12.1. The van der Waals surface area contributed by atoms with Crippen molar-refractivity contribution in [1.82, 2.24) is 4.90 Å². The molecule has 2 aromatic rings. The number of hydrogen-bond donors (Lipinski definition) is 0. The lowest BCUT2D eigenvalue weighted by atomic mass is 10.2. The van der Waals surface area contributed by atoms with E-state index in [4.69, 9.17) is 0 Å². The fourth-order valence-electron chi connectivity index (χ4n) is 3.14. The van der Waals surface area contributed by atoms with Gasteiger partial charge in [0.2, 0.25) is 5.91 Å². The Morgan fingerprint density at radius 1 is 1.16 bits per heavy atom. The molecule has 1 aromatic carbocycles. The Kier molecular flexibility index (Phi) is 3.88. The van der Waals surface area contributed by atoms with E-state index in [1.54, 1.807) is 17.0 Å². The molecule has 1 aliphatic carbocycles. The number of benzene rings is 1. The van der Waals surface area contributed by atoms with Crippen LogP contribution in [0, 0.1) is 5.82 Å². The fourth-order valence-corrected chi connectivity index (χ4v) is 3.80. The first-order valence-electron chi connectivity index (χ1n) is 8.05. The Bertz CT molecular complexity index is 831. The molecule has 128 valence electrons. The zero-order valence-electron chi connectivity index (χ0n) is 13.2. The summed E-state index contributed by atoms with van der Waals surface area (Å²) in [7, 11) is 0. The Labute approximate surface area is 147 Å². The molecule has 1 unspecified atom stereocenters. The van der Waals surface area contributed by atoms with Gasteiger partial charge in [0, 0.05) is 6.04 Å². The summed E-state index contributed by atoms with van der Waals surface area (Å²) < 4.78 is 13.1. The van der Waals surface area contributed by atoms with Crippen molar-refractivity contribution in [1.29, 1.82) is 0 Å². The summed E-state index contributed by atoms with van der Waals surface area (Å²) in [6.45, 7) is 0. The number of anilines is 1. The van der Waals surface area contributed by atoms with Crippen LogP contribution in [0.1, 0.15) is 28.9 Å². The molecule has 5 nitrogen and oxygen atoms in total. The van der Waals surface area contributed by atoms with Crippen molar-refractivity contribution in [3.63, 3.8) is 0 Å². The van der Waals surface area contributed by atoms with Crippen LogP contribution in [0.3, 0.4) is 0 Å². The molecule has 2 heterocycles. The molecule has 7 heteroatoms. The average Bonchev–Trinajstić information content (AvgIpc) is 3.18. The molecule has 1 aliphatic heterocycles. The van der Waals surface area contributed by atoms with Gasteiger partial charge in [0.15, 0.2) is 0 Å². The van der Waals surface area contributed by atoms with Crippen molar-refractivity contribution in [2.45, 2.75) is 31.3 Å². The van der Waals surface area contributed by atoms with Crippen LogP contribution in [-0.4, -0.2) is 34.7 Å². The molecule has 0 radical (unpaired) electrons. The third-order valence-electron chi connectivity index (χ3n) is 4.45. The number of thiophene rings is 1. The number of imide groups is 1. The Balaban J connectivity index is 1.63. The first kappa shape index (κ1) is 16.0. The smallest absolute Gasteiger partial charge is 0.264 e. The Hall–Kier alpha value is -2.54. The van der Waals surface area contributed by atoms with Crippen LogP contribution >= 0.6 is 11.3 Å². The average molecular weight is 358 g/mol. The monoisotopic (exact) mass is 358 g/mol. The zero-order chi connectivity index (χ0) is 17.6. The van der Waals surface area contributed by atoms with Crippen molar-refractivity contribution in [2.24, 2.45) is 0 Å². The van der Waals surface area contributed by atoms with E-state index in [0.717, 1.165) is 17.7 Å². The number of carbonyl (C=O) groups is 3. The molecule has 0 bridgehead atoms. The van der Waals surface area contributed by atoms with Crippen molar-refractivity contribution < 1.29 is 18.8 Å². The molecule has 2 fully saturated rings. The number of carbonyl (C=O) groups excluding carboxylic acids is 3. The molecule has 2 aliphatic rings. The largest absolute Gasteiger partial charge is 0.322 e. The van der Waals surface area contributed by atoms with Crippen molar-refractivity contribution in [2.75, 3.05) is 4.90 Å². The Morgan fingerprint density at radius 3 is 2.48 bits per heavy atom. The fraction of sp³-hybridized carbons (Fsp3) is 0.278. The molecule has 1 atom stereocenters. The quantitative estimate of drug-likeness (QED) is 0.790. The normalized spacial score (nSPS) is 20.2. The predicted octanol–water partition coefficient (Wildman–Crippen LogP) is 2.82. The minimum absolute atomic E-state index is 0.00418. The molecular formula is C18H15FN2O3S. The van der Waals surface area contributed by atoms with Gasteiger partial charge < -0.3 is 4.90 Å². The van der Waals surface area contributed by atoms with Crippen LogP contribution in [0.2, 0.25) is 0 Å². The molecule has 1 saturated heterocycles. The summed E-state index contributed by atoms with van der Waals surface area (Å²) >= 11 is 1.32. The highest BCUT2D eigenvalue weighted by molar-refractivity contribution is 7.12. The van der Waals surface area contributed by atoms with Gasteiger partial charge in [-0.2, -0.15) is 0 Å². The van der Waals surface area contributed by atoms with Gasteiger partial charge in [-0.25, -0.2) is 9.29 Å². The van der Waals surface area contributed by atoms with E-state index in [1.807, 2.05) is 5.38 Å². The number of nitrogens with zero attached hydrogens (tertiary/aromatic N) is 2. The van der Waals surface area contributed by atoms with E-state index >= 15 is 0 Å². The zero-order valence-corrected chi connectivity index (χ0v) is 14.0. The lowest BCUT2D eigenvalue weighted by molar-refractivity contribution is -0.122. The van der Waals surface area contributed by atoms with Gasteiger partial charge in [-0.1, -0.05) is 6.07 Å². The lowest BCUT2D eigenvalue weighted by Gasteiger charge is -2.27. The van der Waals surface area contributed by atoms with Gasteiger partial charge in [-0.15, -0.1) is 11.3 Å². The van der Waals surface area contributed by atoms with Gasteiger partial charge in [-0.3, -0.25) is 14.4 Å². The van der Waals surface area contributed by atoms with Crippen molar-refractivity contribution >= 4 is 34.7 Å². The SMILES string of the molecule is O=C1CC(N(C(=O)c2cccs2)C2CC2)C(=O)N1c1ccc(F)cc1.